The molecular formula is C34H35NO10. The third kappa shape index (κ3) is 5.20. The van der Waals surface area contributed by atoms with Crippen LogP contribution in [0, 0.1) is 0 Å². The molecule has 0 bridgehead atoms. The highest BCUT2D eigenvalue weighted by atomic mass is 16.7. The lowest BCUT2D eigenvalue weighted by atomic mass is 9.72. The number of benzene rings is 3. The van der Waals surface area contributed by atoms with Gasteiger partial charge in [-0.25, -0.2) is 0 Å². The number of methoxy groups -OCH3 is 1. The molecule has 1 heterocycles. The smallest absolute Gasteiger partial charge is 0.202 e. The van der Waals surface area contributed by atoms with E-state index in [2.05, 4.69) is 5.32 Å². The standard InChI is InChI=1S/C34H35NO10/c1-16-29(37)21(35-15-18-8-5-4-6-9-18)12-24(44-16)45-23-14-34(42,17(2)36)13-20-26(23)33(41)28-27(31(20)39)30(38)19-10-7-11-22(43-3)25(19)32(28)40/h4-11,16,21,23-24,29,35,37,39,41-42H,12-15H2,1-3H3/t16-,21-,23-,24-,29+,34-/m0/s1. The van der Waals surface area contributed by atoms with Crippen LogP contribution in [-0.4, -0.2) is 75.0 Å². The fraction of sp³-hybridized carbons (Fsp3) is 0.382. The third-order valence-electron chi connectivity index (χ3n) is 9.16. The summed E-state index contributed by atoms with van der Waals surface area (Å²) in [5.74, 6) is -3.13. The number of hydrogen-bond acceptors (Lipinski definition) is 11. The first kappa shape index (κ1) is 30.9. The van der Waals surface area contributed by atoms with Gasteiger partial charge in [-0.05, 0) is 25.5 Å². The zero-order valence-corrected chi connectivity index (χ0v) is 25.1. The van der Waals surface area contributed by atoms with Crippen LogP contribution in [0.15, 0.2) is 48.5 Å². The first-order chi connectivity index (χ1) is 21.4. The Labute approximate surface area is 259 Å². The van der Waals surface area contributed by atoms with E-state index in [9.17, 15) is 34.8 Å². The molecule has 0 amide bonds. The van der Waals surface area contributed by atoms with Crippen LogP contribution in [0.3, 0.4) is 0 Å². The highest BCUT2D eigenvalue weighted by Gasteiger charge is 2.49. The molecule has 6 rings (SSSR count). The molecule has 0 aromatic heterocycles. The average Bonchev–Trinajstić information content (AvgIpc) is 3.02. The van der Waals surface area contributed by atoms with Crippen LogP contribution in [0.4, 0.5) is 0 Å². The van der Waals surface area contributed by atoms with E-state index in [1.165, 1.54) is 32.2 Å². The minimum Gasteiger partial charge on any atom is -0.507 e. The molecule has 0 spiro atoms. The molecule has 1 fully saturated rings. The Morgan fingerprint density at radius 3 is 2.42 bits per heavy atom. The van der Waals surface area contributed by atoms with Gasteiger partial charge < -0.3 is 40.0 Å². The first-order valence-electron chi connectivity index (χ1n) is 14.8. The summed E-state index contributed by atoms with van der Waals surface area (Å²) in [6.07, 6.45) is -4.31. The largest absolute Gasteiger partial charge is 0.507 e. The lowest BCUT2D eigenvalue weighted by Gasteiger charge is -2.43. The van der Waals surface area contributed by atoms with Crippen molar-refractivity contribution in [2.45, 2.75) is 75.9 Å². The molecule has 6 atom stereocenters. The van der Waals surface area contributed by atoms with Gasteiger partial charge in [0.2, 0.25) is 5.78 Å². The monoisotopic (exact) mass is 617 g/mol. The van der Waals surface area contributed by atoms with Crippen LogP contribution in [0.2, 0.25) is 0 Å². The molecule has 45 heavy (non-hydrogen) atoms. The van der Waals surface area contributed by atoms with Crippen LogP contribution >= 0.6 is 0 Å². The van der Waals surface area contributed by atoms with Crippen molar-refractivity contribution in [3.05, 3.63) is 87.5 Å². The van der Waals surface area contributed by atoms with Crippen molar-refractivity contribution in [2.24, 2.45) is 0 Å². The summed E-state index contributed by atoms with van der Waals surface area (Å²) >= 11 is 0. The maximum Gasteiger partial charge on any atom is 0.202 e. The summed E-state index contributed by atoms with van der Waals surface area (Å²) in [7, 11) is 1.35. The van der Waals surface area contributed by atoms with E-state index in [1.54, 1.807) is 6.92 Å². The molecule has 11 heteroatoms. The number of phenols is 2. The molecule has 1 saturated heterocycles. The van der Waals surface area contributed by atoms with Crippen molar-refractivity contribution in [2.75, 3.05) is 7.11 Å². The Hall–Kier alpha value is -4.13. The van der Waals surface area contributed by atoms with Gasteiger partial charge in [0.1, 0.15) is 22.8 Å². The maximum atomic E-state index is 13.8. The number of carbonyl (C=O) groups excluding carboxylic acids is 3. The van der Waals surface area contributed by atoms with E-state index >= 15 is 0 Å². The second-order valence-corrected chi connectivity index (χ2v) is 11.9. The molecule has 3 aromatic carbocycles. The number of nitrogens with one attached hydrogen (secondary N) is 1. The molecular weight excluding hydrogens is 582 g/mol. The van der Waals surface area contributed by atoms with Crippen LogP contribution in [0.25, 0.3) is 0 Å². The number of fused-ring (bicyclic) bond motifs is 3. The lowest BCUT2D eigenvalue weighted by molar-refractivity contribution is -0.249. The van der Waals surface area contributed by atoms with Gasteiger partial charge in [-0.15, -0.1) is 0 Å². The number of aliphatic hydroxyl groups excluding tert-OH is 1. The van der Waals surface area contributed by atoms with E-state index in [0.717, 1.165) is 5.56 Å². The summed E-state index contributed by atoms with van der Waals surface area (Å²) in [6, 6.07) is 13.7. The summed E-state index contributed by atoms with van der Waals surface area (Å²) in [6.45, 7) is 3.36. The Bertz CT molecular complexity index is 1690. The minimum absolute atomic E-state index is 0.0101. The number of carbonyl (C=O) groups is 3. The van der Waals surface area contributed by atoms with E-state index in [0.29, 0.717) is 6.54 Å². The Morgan fingerprint density at radius 1 is 1.02 bits per heavy atom. The Morgan fingerprint density at radius 2 is 1.73 bits per heavy atom. The third-order valence-corrected chi connectivity index (χ3v) is 9.16. The van der Waals surface area contributed by atoms with Crippen molar-refractivity contribution >= 4 is 17.3 Å². The summed E-state index contributed by atoms with van der Waals surface area (Å²) in [5.41, 5.74) is -1.98. The number of aliphatic hydroxyl groups is 2. The van der Waals surface area contributed by atoms with Crippen LogP contribution in [-0.2, 0) is 27.2 Å². The van der Waals surface area contributed by atoms with Crippen LogP contribution in [0.5, 0.6) is 17.2 Å². The fourth-order valence-electron chi connectivity index (χ4n) is 6.67. The molecule has 5 N–H and O–H groups in total. The lowest BCUT2D eigenvalue weighted by Crippen LogP contribution is -2.54. The van der Waals surface area contributed by atoms with Gasteiger partial charge in [0.15, 0.2) is 17.9 Å². The molecule has 11 nitrogen and oxygen atoms in total. The summed E-state index contributed by atoms with van der Waals surface area (Å²) < 4.78 is 17.6. The van der Waals surface area contributed by atoms with Crippen molar-refractivity contribution in [1.29, 1.82) is 0 Å². The Balaban J connectivity index is 1.39. The Kier molecular flexibility index (Phi) is 8.00. The molecule has 1 aliphatic heterocycles. The number of hydrogen-bond donors (Lipinski definition) is 5. The highest BCUT2D eigenvalue weighted by molar-refractivity contribution is 6.31. The number of ketones is 3. The van der Waals surface area contributed by atoms with Gasteiger partial charge in [0.05, 0.1) is 42.1 Å². The molecule has 236 valence electrons. The quantitative estimate of drug-likeness (QED) is 0.193. The summed E-state index contributed by atoms with van der Waals surface area (Å²) in [5, 5.41) is 48.8. The topological polar surface area (TPSA) is 172 Å². The predicted octanol–water partition coefficient (Wildman–Crippen LogP) is 2.86. The average molecular weight is 618 g/mol. The molecule has 0 unspecified atom stereocenters. The van der Waals surface area contributed by atoms with Crippen molar-refractivity contribution in [3.63, 3.8) is 0 Å². The van der Waals surface area contributed by atoms with Gasteiger partial charge in [-0.1, -0.05) is 42.5 Å². The van der Waals surface area contributed by atoms with E-state index in [1.807, 2.05) is 30.3 Å². The molecule has 3 aromatic rings. The normalized spacial score (nSPS) is 27.4. The van der Waals surface area contributed by atoms with E-state index in [-0.39, 0.29) is 40.8 Å². The van der Waals surface area contributed by atoms with Gasteiger partial charge in [0.25, 0.3) is 0 Å². The van der Waals surface area contributed by atoms with Crippen LogP contribution in [0.1, 0.15) is 81.3 Å². The summed E-state index contributed by atoms with van der Waals surface area (Å²) in [4.78, 5) is 40.2. The van der Waals surface area contributed by atoms with E-state index in [4.69, 9.17) is 14.2 Å². The SMILES string of the molecule is COc1cccc2c1C(=O)c1c(O)c3c(c(O)c1C2=O)C[C@@](O)(C(C)=O)C[C@@H]3O[C@H]1C[C@H](NCc2ccccc2)[C@H](O)[C@H](C)O1. The van der Waals surface area contributed by atoms with Crippen molar-refractivity contribution in [1.82, 2.24) is 5.32 Å². The molecule has 3 aliphatic rings. The van der Waals surface area contributed by atoms with E-state index < -0.39 is 82.6 Å². The van der Waals surface area contributed by atoms with Crippen LogP contribution < -0.4 is 10.1 Å². The van der Waals surface area contributed by atoms with Crippen molar-refractivity contribution < 1.29 is 49.0 Å². The van der Waals surface area contributed by atoms with Gasteiger partial charge in [-0.2, -0.15) is 0 Å². The zero-order chi connectivity index (χ0) is 32.2. The molecule has 0 saturated carbocycles. The zero-order valence-electron chi connectivity index (χ0n) is 25.1. The number of ether oxygens (including phenoxy) is 3. The van der Waals surface area contributed by atoms with Gasteiger partial charge in [-0.3, -0.25) is 14.4 Å². The first-order valence-corrected chi connectivity index (χ1v) is 14.8. The highest BCUT2D eigenvalue weighted by Crippen LogP contribution is 2.52. The molecule has 2 aliphatic carbocycles. The second-order valence-electron chi connectivity index (χ2n) is 11.9. The number of rotatable bonds is 7. The maximum absolute atomic E-state index is 13.8. The minimum atomic E-state index is -2.01. The predicted molar refractivity (Wildman–Crippen MR) is 159 cm³/mol. The van der Waals surface area contributed by atoms with Gasteiger partial charge in [0, 0.05) is 48.5 Å². The number of Topliss-reactive ketones (excluding diaryl/α,β-unsaturated/α-hetero) is 1. The number of phenolic OH excluding ortho intramolecular Hbond substituents is 2. The molecule has 0 radical (unpaired) electrons. The van der Waals surface area contributed by atoms with Crippen molar-refractivity contribution in [3.8, 4) is 17.2 Å². The second kappa shape index (κ2) is 11.7. The fourth-order valence-corrected chi connectivity index (χ4v) is 6.67. The number of aromatic hydroxyl groups is 2. The van der Waals surface area contributed by atoms with Gasteiger partial charge >= 0.3 is 0 Å².